The minimum absolute atomic E-state index is 0.0226. The Labute approximate surface area is 180 Å². The van der Waals surface area contributed by atoms with Gasteiger partial charge in [0.15, 0.2) is 5.69 Å². The van der Waals surface area contributed by atoms with Gasteiger partial charge in [-0.05, 0) is 40.2 Å². The van der Waals surface area contributed by atoms with Gasteiger partial charge in [-0.15, -0.1) is 11.8 Å². The summed E-state index contributed by atoms with van der Waals surface area (Å²) in [5.41, 5.74) is 2.79. The highest BCUT2D eigenvalue weighted by molar-refractivity contribution is 7.98. The van der Waals surface area contributed by atoms with Gasteiger partial charge < -0.3 is 14.4 Å². The molecule has 2 aliphatic rings. The molecule has 1 unspecified atom stereocenters. The van der Waals surface area contributed by atoms with E-state index in [2.05, 4.69) is 12.1 Å². The number of likely N-dealkylation sites (tertiary alicyclic amines) is 1. The van der Waals surface area contributed by atoms with Crippen molar-refractivity contribution in [3.8, 4) is 11.3 Å². The standard InChI is InChI=1S/C22H27N3O4S/c1-5-28-20(26)18-16-13-30-17-9-7-6-8-15(17)19(16)25(23-18)14-10-11-24(12-14)21(27)29-22(2,3)4/h6-9,14H,5,10-13H2,1-4H3. The van der Waals surface area contributed by atoms with E-state index in [1.165, 1.54) is 4.90 Å². The smallest absolute Gasteiger partial charge is 0.410 e. The van der Waals surface area contributed by atoms with Crippen molar-refractivity contribution in [2.75, 3.05) is 19.7 Å². The van der Waals surface area contributed by atoms with E-state index in [9.17, 15) is 9.59 Å². The van der Waals surface area contributed by atoms with Crippen molar-refractivity contribution in [2.24, 2.45) is 0 Å². The minimum Gasteiger partial charge on any atom is -0.461 e. The summed E-state index contributed by atoms with van der Waals surface area (Å²) in [5.74, 6) is 0.276. The Morgan fingerprint density at radius 3 is 2.77 bits per heavy atom. The molecule has 30 heavy (non-hydrogen) atoms. The molecule has 1 aromatic heterocycles. The average Bonchev–Trinajstić information content (AvgIpc) is 3.32. The number of fused-ring (bicyclic) bond motifs is 3. The summed E-state index contributed by atoms with van der Waals surface area (Å²) in [4.78, 5) is 28.0. The third kappa shape index (κ3) is 3.93. The first-order valence-corrected chi connectivity index (χ1v) is 11.3. The van der Waals surface area contributed by atoms with Gasteiger partial charge in [0.1, 0.15) is 5.60 Å². The Morgan fingerprint density at radius 1 is 1.27 bits per heavy atom. The summed E-state index contributed by atoms with van der Waals surface area (Å²) in [6.07, 6.45) is 0.442. The van der Waals surface area contributed by atoms with Crippen LogP contribution in [0.3, 0.4) is 0 Å². The second-order valence-corrected chi connectivity index (χ2v) is 9.51. The zero-order chi connectivity index (χ0) is 21.5. The summed E-state index contributed by atoms with van der Waals surface area (Å²) in [6.45, 7) is 8.79. The molecule has 2 aliphatic heterocycles. The maximum absolute atomic E-state index is 12.6. The predicted molar refractivity (Wildman–Crippen MR) is 115 cm³/mol. The molecule has 1 fully saturated rings. The van der Waals surface area contributed by atoms with Crippen LogP contribution in [0.15, 0.2) is 29.2 Å². The van der Waals surface area contributed by atoms with Crippen molar-refractivity contribution in [1.29, 1.82) is 0 Å². The number of esters is 1. The fourth-order valence-electron chi connectivity index (χ4n) is 3.89. The Bertz CT molecular complexity index is 979. The molecule has 1 aromatic carbocycles. The zero-order valence-corrected chi connectivity index (χ0v) is 18.6. The number of aromatic nitrogens is 2. The molecule has 1 amide bonds. The Hall–Kier alpha value is -2.48. The van der Waals surface area contributed by atoms with Crippen LogP contribution in [0, 0.1) is 0 Å². The van der Waals surface area contributed by atoms with Gasteiger partial charge >= 0.3 is 12.1 Å². The quantitative estimate of drug-likeness (QED) is 0.668. The van der Waals surface area contributed by atoms with Gasteiger partial charge in [0.05, 0.1) is 18.3 Å². The molecule has 3 heterocycles. The van der Waals surface area contributed by atoms with Gasteiger partial charge in [0.2, 0.25) is 0 Å². The van der Waals surface area contributed by atoms with E-state index < -0.39 is 11.6 Å². The summed E-state index contributed by atoms with van der Waals surface area (Å²) >= 11 is 1.70. The highest BCUT2D eigenvalue weighted by Gasteiger charge is 2.36. The Kier molecular flexibility index (Phi) is 5.53. The maximum atomic E-state index is 12.6. The molecule has 4 rings (SSSR count). The molecule has 0 N–H and O–H groups in total. The van der Waals surface area contributed by atoms with E-state index in [0.717, 1.165) is 23.2 Å². The molecule has 0 bridgehead atoms. The molecule has 1 saturated heterocycles. The monoisotopic (exact) mass is 429 g/mol. The Morgan fingerprint density at radius 2 is 2.03 bits per heavy atom. The van der Waals surface area contributed by atoms with E-state index >= 15 is 0 Å². The SMILES string of the molecule is CCOC(=O)c1nn(C2CCN(C(=O)OC(C)(C)C)C2)c2c1CSc1ccccc1-2. The van der Waals surface area contributed by atoms with E-state index in [1.807, 2.05) is 37.6 Å². The molecule has 0 radical (unpaired) electrons. The molecule has 8 heteroatoms. The molecule has 0 aliphatic carbocycles. The van der Waals surface area contributed by atoms with Gasteiger partial charge in [-0.1, -0.05) is 18.2 Å². The number of hydrogen-bond donors (Lipinski definition) is 0. The predicted octanol–water partition coefficient (Wildman–Crippen LogP) is 4.51. The second-order valence-electron chi connectivity index (χ2n) is 8.49. The van der Waals surface area contributed by atoms with Crippen LogP contribution in [0.4, 0.5) is 4.79 Å². The first kappa shape index (κ1) is 20.8. The van der Waals surface area contributed by atoms with Gasteiger partial charge in [-0.3, -0.25) is 4.68 Å². The number of ether oxygens (including phenoxy) is 2. The van der Waals surface area contributed by atoms with Crippen molar-refractivity contribution in [3.05, 3.63) is 35.5 Å². The lowest BCUT2D eigenvalue weighted by Gasteiger charge is -2.25. The van der Waals surface area contributed by atoms with Crippen molar-refractivity contribution in [1.82, 2.24) is 14.7 Å². The number of thioether (sulfide) groups is 1. The fraction of sp³-hybridized carbons (Fsp3) is 0.500. The van der Waals surface area contributed by atoms with Crippen molar-refractivity contribution >= 4 is 23.8 Å². The number of rotatable bonds is 3. The molecule has 0 saturated carbocycles. The first-order valence-electron chi connectivity index (χ1n) is 10.3. The fourth-order valence-corrected chi connectivity index (χ4v) is 4.96. The van der Waals surface area contributed by atoms with E-state index in [4.69, 9.17) is 14.6 Å². The number of carbonyl (C=O) groups is 2. The van der Waals surface area contributed by atoms with E-state index in [1.54, 1.807) is 23.6 Å². The lowest BCUT2D eigenvalue weighted by molar-refractivity contribution is 0.0287. The molecule has 1 atom stereocenters. The summed E-state index contributed by atoms with van der Waals surface area (Å²) in [7, 11) is 0. The molecular formula is C22H27N3O4S. The average molecular weight is 430 g/mol. The maximum Gasteiger partial charge on any atom is 0.410 e. The summed E-state index contributed by atoms with van der Waals surface area (Å²) in [6, 6.07) is 8.15. The van der Waals surface area contributed by atoms with Crippen LogP contribution in [-0.2, 0) is 15.2 Å². The zero-order valence-electron chi connectivity index (χ0n) is 17.8. The molecule has 2 aromatic rings. The van der Waals surface area contributed by atoms with Gasteiger partial charge in [0.25, 0.3) is 0 Å². The molecular weight excluding hydrogens is 402 g/mol. The van der Waals surface area contributed by atoms with Crippen LogP contribution >= 0.6 is 11.8 Å². The van der Waals surface area contributed by atoms with Gasteiger partial charge in [-0.25, -0.2) is 9.59 Å². The van der Waals surface area contributed by atoms with Crippen LogP contribution in [-0.4, -0.2) is 52.0 Å². The number of nitrogens with zero attached hydrogens (tertiary/aromatic N) is 3. The lowest BCUT2D eigenvalue weighted by Crippen LogP contribution is -2.35. The van der Waals surface area contributed by atoms with Crippen LogP contribution in [0.25, 0.3) is 11.3 Å². The molecule has 0 spiro atoms. The summed E-state index contributed by atoms with van der Waals surface area (Å²) < 4.78 is 12.7. The molecule has 7 nitrogen and oxygen atoms in total. The lowest BCUT2D eigenvalue weighted by atomic mass is 10.0. The van der Waals surface area contributed by atoms with Crippen LogP contribution < -0.4 is 0 Å². The number of amides is 1. The highest BCUT2D eigenvalue weighted by Crippen LogP contribution is 2.44. The van der Waals surface area contributed by atoms with E-state index in [0.29, 0.717) is 31.1 Å². The van der Waals surface area contributed by atoms with Gasteiger partial charge in [0, 0.05) is 34.9 Å². The highest BCUT2D eigenvalue weighted by atomic mass is 32.2. The number of carbonyl (C=O) groups excluding carboxylic acids is 2. The van der Waals surface area contributed by atoms with E-state index in [-0.39, 0.29) is 12.1 Å². The number of hydrogen-bond acceptors (Lipinski definition) is 6. The van der Waals surface area contributed by atoms with Crippen molar-refractivity contribution in [2.45, 2.75) is 56.4 Å². The van der Waals surface area contributed by atoms with Crippen molar-refractivity contribution in [3.63, 3.8) is 0 Å². The minimum atomic E-state index is -0.534. The van der Waals surface area contributed by atoms with Crippen LogP contribution in [0.5, 0.6) is 0 Å². The van der Waals surface area contributed by atoms with Crippen LogP contribution in [0.1, 0.15) is 56.2 Å². The number of benzene rings is 1. The topological polar surface area (TPSA) is 73.7 Å². The third-order valence-corrected chi connectivity index (χ3v) is 6.25. The normalized spacial score (nSPS) is 18.0. The Balaban J connectivity index is 1.69. The molecule has 160 valence electrons. The van der Waals surface area contributed by atoms with Crippen molar-refractivity contribution < 1.29 is 19.1 Å². The van der Waals surface area contributed by atoms with Gasteiger partial charge in [-0.2, -0.15) is 5.10 Å². The third-order valence-electron chi connectivity index (χ3n) is 5.15. The summed E-state index contributed by atoms with van der Waals surface area (Å²) in [5, 5.41) is 4.71. The van der Waals surface area contributed by atoms with Crippen LogP contribution in [0.2, 0.25) is 0 Å². The first-order chi connectivity index (χ1) is 14.3. The largest absolute Gasteiger partial charge is 0.461 e. The second kappa shape index (κ2) is 7.98.